The van der Waals surface area contributed by atoms with Crippen LogP contribution in [0.3, 0.4) is 0 Å². The number of anilines is 1. The zero-order valence-electron chi connectivity index (χ0n) is 18.6. The normalized spacial score (nSPS) is 14.5. The highest BCUT2D eigenvalue weighted by molar-refractivity contribution is 8.18. The molecule has 0 unspecified atom stereocenters. The van der Waals surface area contributed by atoms with Gasteiger partial charge in [0.2, 0.25) is 5.91 Å². The summed E-state index contributed by atoms with van der Waals surface area (Å²) < 4.78 is 18.7. The lowest BCUT2D eigenvalue weighted by atomic mass is 10.2. The number of hydrogen-bond donors (Lipinski definition) is 1. The largest absolute Gasteiger partial charge is 0.489 e. The Kier molecular flexibility index (Phi) is 7.53. The van der Waals surface area contributed by atoms with Gasteiger partial charge < -0.3 is 10.1 Å². The molecule has 1 aliphatic heterocycles. The van der Waals surface area contributed by atoms with E-state index < -0.39 is 23.6 Å². The summed E-state index contributed by atoms with van der Waals surface area (Å²) >= 11 is 6.85. The Labute approximate surface area is 210 Å². The van der Waals surface area contributed by atoms with E-state index >= 15 is 0 Å². The summed E-state index contributed by atoms with van der Waals surface area (Å²) in [5.74, 6) is -0.739. The van der Waals surface area contributed by atoms with E-state index in [-0.39, 0.29) is 17.3 Å². The Bertz CT molecular complexity index is 1310. The Morgan fingerprint density at radius 3 is 2.49 bits per heavy atom. The minimum Gasteiger partial charge on any atom is -0.489 e. The number of hydrogen-bond acceptors (Lipinski definition) is 5. The number of halogens is 2. The van der Waals surface area contributed by atoms with E-state index in [0.717, 1.165) is 27.8 Å². The molecule has 3 amide bonds. The third-order valence-electron chi connectivity index (χ3n) is 5.13. The fraction of sp³-hybridized carbons (Fsp3) is 0.115. The number of aryl methyl sites for hydroxylation is 1. The average Bonchev–Trinajstić information content (AvgIpc) is 3.09. The van der Waals surface area contributed by atoms with Crippen molar-refractivity contribution in [2.45, 2.75) is 13.5 Å². The maximum absolute atomic E-state index is 13.0. The van der Waals surface area contributed by atoms with Gasteiger partial charge in [-0.3, -0.25) is 19.3 Å². The number of imide groups is 1. The van der Waals surface area contributed by atoms with Gasteiger partial charge in [-0.05, 0) is 77.9 Å². The van der Waals surface area contributed by atoms with E-state index in [9.17, 15) is 18.8 Å². The van der Waals surface area contributed by atoms with Crippen molar-refractivity contribution in [2.75, 3.05) is 11.9 Å². The standard InChI is InChI=1S/C26H20ClFN2O4S/c1-16-2-9-20(13-22(16)27)29-24(31)14-30-25(32)23(35-26(30)33)12-17-5-10-21(11-6-17)34-15-18-3-7-19(28)8-4-18/h2-13H,14-15H2,1H3,(H,29,31)/b23-12-. The number of carbonyl (C=O) groups is 3. The molecule has 178 valence electrons. The molecular formula is C26H20ClFN2O4S. The Morgan fingerprint density at radius 2 is 1.80 bits per heavy atom. The number of rotatable bonds is 7. The Morgan fingerprint density at radius 1 is 1.09 bits per heavy atom. The van der Waals surface area contributed by atoms with Gasteiger partial charge in [-0.15, -0.1) is 0 Å². The number of thioether (sulfide) groups is 1. The highest BCUT2D eigenvalue weighted by Crippen LogP contribution is 2.32. The van der Waals surface area contributed by atoms with Gasteiger partial charge in [0.05, 0.1) is 4.91 Å². The molecule has 1 heterocycles. The Balaban J connectivity index is 1.35. The molecular weight excluding hydrogens is 491 g/mol. The minimum atomic E-state index is -0.534. The van der Waals surface area contributed by atoms with E-state index in [1.165, 1.54) is 12.1 Å². The van der Waals surface area contributed by atoms with Crippen molar-refractivity contribution >= 4 is 52.2 Å². The lowest BCUT2D eigenvalue weighted by molar-refractivity contribution is -0.127. The molecule has 0 aliphatic carbocycles. The van der Waals surface area contributed by atoms with E-state index in [1.807, 2.05) is 6.92 Å². The lowest BCUT2D eigenvalue weighted by Crippen LogP contribution is -2.36. The lowest BCUT2D eigenvalue weighted by Gasteiger charge is -2.13. The molecule has 1 fully saturated rings. The zero-order chi connectivity index (χ0) is 24.9. The maximum atomic E-state index is 13.0. The number of ether oxygens (including phenoxy) is 1. The fourth-order valence-electron chi connectivity index (χ4n) is 3.21. The summed E-state index contributed by atoms with van der Waals surface area (Å²) in [5.41, 5.74) is 2.88. The van der Waals surface area contributed by atoms with Crippen LogP contribution in [0, 0.1) is 12.7 Å². The molecule has 0 atom stereocenters. The molecule has 0 radical (unpaired) electrons. The second-order valence-corrected chi connectivity index (χ2v) is 9.16. The molecule has 4 rings (SSSR count). The molecule has 1 saturated heterocycles. The quantitative estimate of drug-likeness (QED) is 0.392. The summed E-state index contributed by atoms with van der Waals surface area (Å²) in [6.07, 6.45) is 1.59. The third-order valence-corrected chi connectivity index (χ3v) is 6.44. The van der Waals surface area contributed by atoms with Crippen molar-refractivity contribution in [2.24, 2.45) is 0 Å². The van der Waals surface area contributed by atoms with E-state index in [1.54, 1.807) is 60.7 Å². The van der Waals surface area contributed by atoms with Gasteiger partial charge in [0.1, 0.15) is 24.7 Å². The van der Waals surface area contributed by atoms with Gasteiger partial charge in [0, 0.05) is 10.7 Å². The maximum Gasteiger partial charge on any atom is 0.294 e. The number of nitrogens with one attached hydrogen (secondary N) is 1. The summed E-state index contributed by atoms with van der Waals surface area (Å²) in [4.78, 5) is 38.6. The molecule has 3 aromatic rings. The molecule has 35 heavy (non-hydrogen) atoms. The number of nitrogens with zero attached hydrogens (tertiary/aromatic N) is 1. The fourth-order valence-corrected chi connectivity index (χ4v) is 4.23. The van der Waals surface area contributed by atoms with Crippen LogP contribution in [0.2, 0.25) is 5.02 Å². The first kappa shape index (κ1) is 24.5. The van der Waals surface area contributed by atoms with Crippen molar-refractivity contribution in [3.63, 3.8) is 0 Å². The van der Waals surface area contributed by atoms with Gasteiger partial charge in [-0.1, -0.05) is 41.9 Å². The van der Waals surface area contributed by atoms with Crippen molar-refractivity contribution in [3.8, 4) is 5.75 Å². The number of amides is 3. The molecule has 3 aromatic carbocycles. The molecule has 0 spiro atoms. The molecule has 1 aliphatic rings. The van der Waals surface area contributed by atoms with Crippen LogP contribution < -0.4 is 10.1 Å². The van der Waals surface area contributed by atoms with Crippen molar-refractivity contribution in [1.29, 1.82) is 0 Å². The van der Waals surface area contributed by atoms with Crippen molar-refractivity contribution in [3.05, 3.63) is 99.2 Å². The monoisotopic (exact) mass is 510 g/mol. The average molecular weight is 511 g/mol. The van der Waals surface area contributed by atoms with Crippen molar-refractivity contribution in [1.82, 2.24) is 4.90 Å². The molecule has 9 heteroatoms. The second kappa shape index (κ2) is 10.8. The second-order valence-electron chi connectivity index (χ2n) is 7.76. The van der Waals surface area contributed by atoms with Crippen LogP contribution in [0.1, 0.15) is 16.7 Å². The molecule has 0 saturated carbocycles. The van der Waals surface area contributed by atoms with Crippen LogP contribution in [0.25, 0.3) is 6.08 Å². The Hall–Kier alpha value is -3.62. The number of carbonyl (C=O) groups excluding carboxylic acids is 3. The van der Waals surface area contributed by atoms with Gasteiger partial charge in [0.25, 0.3) is 11.1 Å². The molecule has 1 N–H and O–H groups in total. The van der Waals surface area contributed by atoms with E-state index in [2.05, 4.69) is 5.32 Å². The van der Waals surface area contributed by atoms with Crippen molar-refractivity contribution < 1.29 is 23.5 Å². The van der Waals surface area contributed by atoms with Gasteiger partial charge in [-0.2, -0.15) is 0 Å². The van der Waals surface area contributed by atoms with Crippen LogP contribution in [0.15, 0.2) is 71.6 Å². The number of benzene rings is 3. The van der Waals surface area contributed by atoms with Crippen LogP contribution in [-0.4, -0.2) is 28.5 Å². The van der Waals surface area contributed by atoms with Gasteiger partial charge in [-0.25, -0.2) is 4.39 Å². The summed E-state index contributed by atoms with van der Waals surface area (Å²) in [7, 11) is 0. The van der Waals surface area contributed by atoms with Gasteiger partial charge >= 0.3 is 0 Å². The SMILES string of the molecule is Cc1ccc(NC(=O)CN2C(=O)S/C(=C\c3ccc(OCc4ccc(F)cc4)cc3)C2=O)cc1Cl. The van der Waals surface area contributed by atoms with Crippen LogP contribution in [0.4, 0.5) is 14.9 Å². The first-order chi connectivity index (χ1) is 16.8. The van der Waals surface area contributed by atoms with E-state index in [0.29, 0.717) is 22.0 Å². The molecule has 6 nitrogen and oxygen atoms in total. The zero-order valence-corrected chi connectivity index (χ0v) is 20.2. The molecule has 0 bridgehead atoms. The van der Waals surface area contributed by atoms with Crippen LogP contribution in [-0.2, 0) is 16.2 Å². The summed E-state index contributed by atoms with van der Waals surface area (Å²) in [5, 5.41) is 2.63. The van der Waals surface area contributed by atoms with Crippen LogP contribution in [0.5, 0.6) is 5.75 Å². The summed E-state index contributed by atoms with van der Waals surface area (Å²) in [6, 6.07) is 18.1. The third kappa shape index (κ3) is 6.29. The highest BCUT2D eigenvalue weighted by atomic mass is 35.5. The first-order valence-corrected chi connectivity index (χ1v) is 11.8. The highest BCUT2D eigenvalue weighted by Gasteiger charge is 2.36. The molecule has 0 aromatic heterocycles. The smallest absolute Gasteiger partial charge is 0.294 e. The predicted octanol–water partition coefficient (Wildman–Crippen LogP) is 6.04. The topological polar surface area (TPSA) is 75.7 Å². The first-order valence-electron chi connectivity index (χ1n) is 10.6. The predicted molar refractivity (Wildman–Crippen MR) is 135 cm³/mol. The van der Waals surface area contributed by atoms with E-state index in [4.69, 9.17) is 16.3 Å². The minimum absolute atomic E-state index is 0.223. The summed E-state index contributed by atoms with van der Waals surface area (Å²) in [6.45, 7) is 1.73. The van der Waals surface area contributed by atoms with Gasteiger partial charge in [0.15, 0.2) is 0 Å². The van der Waals surface area contributed by atoms with Crippen LogP contribution >= 0.6 is 23.4 Å².